The zero-order chi connectivity index (χ0) is 17.5. The molecule has 0 saturated carbocycles. The van der Waals surface area contributed by atoms with Crippen LogP contribution >= 0.6 is 24.0 Å². The summed E-state index contributed by atoms with van der Waals surface area (Å²) in [5.74, 6) is 1.59. The summed E-state index contributed by atoms with van der Waals surface area (Å²) in [5, 5.41) is 3.49. The van der Waals surface area contributed by atoms with E-state index in [9.17, 15) is 0 Å². The summed E-state index contributed by atoms with van der Waals surface area (Å²) >= 11 is 0. The van der Waals surface area contributed by atoms with Gasteiger partial charge in [0, 0.05) is 58.5 Å². The second-order valence-corrected chi connectivity index (χ2v) is 6.72. The molecule has 1 atom stereocenters. The van der Waals surface area contributed by atoms with Crippen molar-refractivity contribution in [1.29, 1.82) is 0 Å². The van der Waals surface area contributed by atoms with E-state index in [0.717, 1.165) is 58.5 Å². The summed E-state index contributed by atoms with van der Waals surface area (Å²) in [4.78, 5) is 9.14. The van der Waals surface area contributed by atoms with Gasteiger partial charge in [-0.3, -0.25) is 4.99 Å². The van der Waals surface area contributed by atoms with Crippen LogP contribution < -0.4 is 10.2 Å². The van der Waals surface area contributed by atoms with Gasteiger partial charge in [-0.2, -0.15) is 0 Å². The Morgan fingerprint density at radius 1 is 1.23 bits per heavy atom. The maximum atomic E-state index is 5.42. The molecular formula is C19H31IN4O2. The number of ether oxygens (including phenoxy) is 2. The molecule has 7 heteroatoms. The first-order valence-corrected chi connectivity index (χ1v) is 9.16. The topological polar surface area (TPSA) is 49.3 Å². The summed E-state index contributed by atoms with van der Waals surface area (Å²) < 4.78 is 10.7. The SMILES string of the molecule is CN=C(NCc1ccc(N2CCOCC2)cc1)N1CCC(COC)C1.I. The Labute approximate surface area is 173 Å². The van der Waals surface area contributed by atoms with Crippen LogP contribution in [0.25, 0.3) is 0 Å². The summed E-state index contributed by atoms with van der Waals surface area (Å²) in [5.41, 5.74) is 2.55. The van der Waals surface area contributed by atoms with Crippen molar-refractivity contribution >= 4 is 35.6 Å². The monoisotopic (exact) mass is 474 g/mol. The van der Waals surface area contributed by atoms with E-state index in [1.54, 1.807) is 7.11 Å². The van der Waals surface area contributed by atoms with Crippen LogP contribution in [0.5, 0.6) is 0 Å². The fourth-order valence-electron chi connectivity index (χ4n) is 3.56. The van der Waals surface area contributed by atoms with Crippen molar-refractivity contribution in [1.82, 2.24) is 10.2 Å². The third-order valence-corrected chi connectivity index (χ3v) is 4.96. The smallest absolute Gasteiger partial charge is 0.193 e. The standard InChI is InChI=1S/C19H30N4O2.HI/c1-20-19(23-8-7-17(14-23)15-24-2)21-13-16-3-5-18(6-4-16)22-9-11-25-12-10-22;/h3-6,17H,7-15H2,1-2H3,(H,20,21);1H. The average Bonchev–Trinajstić information content (AvgIpc) is 3.12. The number of methoxy groups -OCH3 is 1. The van der Waals surface area contributed by atoms with Crippen molar-refractivity contribution in [3.63, 3.8) is 0 Å². The molecule has 1 unspecified atom stereocenters. The summed E-state index contributed by atoms with van der Waals surface area (Å²) in [6.07, 6.45) is 1.17. The van der Waals surface area contributed by atoms with Crippen molar-refractivity contribution < 1.29 is 9.47 Å². The molecule has 0 aromatic heterocycles. The van der Waals surface area contributed by atoms with Gasteiger partial charge in [-0.05, 0) is 24.1 Å². The van der Waals surface area contributed by atoms with Gasteiger partial charge in [0.15, 0.2) is 5.96 Å². The van der Waals surface area contributed by atoms with Crippen molar-refractivity contribution in [2.24, 2.45) is 10.9 Å². The normalized spacial score (nSPS) is 20.8. The number of benzene rings is 1. The first kappa shape index (κ1) is 21.2. The number of nitrogens with zero attached hydrogens (tertiary/aromatic N) is 3. The lowest BCUT2D eigenvalue weighted by atomic mass is 10.1. The number of anilines is 1. The molecule has 3 rings (SSSR count). The molecule has 2 fully saturated rings. The summed E-state index contributed by atoms with van der Waals surface area (Å²) in [6, 6.07) is 8.80. The van der Waals surface area contributed by atoms with Gasteiger partial charge in [-0.1, -0.05) is 12.1 Å². The van der Waals surface area contributed by atoms with Crippen molar-refractivity contribution in [3.8, 4) is 0 Å². The molecule has 146 valence electrons. The molecule has 2 heterocycles. The lowest BCUT2D eigenvalue weighted by molar-refractivity contribution is 0.122. The van der Waals surface area contributed by atoms with E-state index in [1.165, 1.54) is 17.7 Å². The zero-order valence-electron chi connectivity index (χ0n) is 15.8. The van der Waals surface area contributed by atoms with Gasteiger partial charge in [-0.25, -0.2) is 0 Å². The van der Waals surface area contributed by atoms with E-state index in [0.29, 0.717) is 5.92 Å². The fraction of sp³-hybridized carbons (Fsp3) is 0.632. The molecule has 26 heavy (non-hydrogen) atoms. The Morgan fingerprint density at radius 3 is 2.62 bits per heavy atom. The summed E-state index contributed by atoms with van der Waals surface area (Å²) in [7, 11) is 3.63. The second kappa shape index (κ2) is 10.9. The number of halogens is 1. The number of guanidine groups is 1. The number of hydrogen-bond acceptors (Lipinski definition) is 4. The van der Waals surface area contributed by atoms with Crippen LogP contribution in [-0.4, -0.2) is 71.0 Å². The van der Waals surface area contributed by atoms with Crippen molar-refractivity contribution in [2.75, 3.05) is 65.1 Å². The molecule has 0 bridgehead atoms. The van der Waals surface area contributed by atoms with Gasteiger partial charge < -0.3 is 24.6 Å². The van der Waals surface area contributed by atoms with E-state index >= 15 is 0 Å². The van der Waals surface area contributed by atoms with Gasteiger partial charge >= 0.3 is 0 Å². The minimum Gasteiger partial charge on any atom is -0.384 e. The van der Waals surface area contributed by atoms with E-state index in [1.807, 2.05) is 7.05 Å². The van der Waals surface area contributed by atoms with E-state index < -0.39 is 0 Å². The minimum absolute atomic E-state index is 0. The predicted molar refractivity (Wildman–Crippen MR) is 117 cm³/mol. The van der Waals surface area contributed by atoms with Crippen molar-refractivity contribution in [2.45, 2.75) is 13.0 Å². The van der Waals surface area contributed by atoms with E-state index in [4.69, 9.17) is 9.47 Å². The Kier molecular flexibility index (Phi) is 8.94. The average molecular weight is 474 g/mol. The van der Waals surface area contributed by atoms with Crippen LogP contribution in [0.4, 0.5) is 5.69 Å². The van der Waals surface area contributed by atoms with Crippen LogP contribution in [0.15, 0.2) is 29.3 Å². The highest BCUT2D eigenvalue weighted by atomic mass is 127. The molecular weight excluding hydrogens is 443 g/mol. The van der Waals surface area contributed by atoms with Gasteiger partial charge in [0.25, 0.3) is 0 Å². The highest BCUT2D eigenvalue weighted by molar-refractivity contribution is 14.0. The minimum atomic E-state index is 0. The number of rotatable bonds is 5. The predicted octanol–water partition coefficient (Wildman–Crippen LogP) is 2.18. The maximum absolute atomic E-state index is 5.42. The largest absolute Gasteiger partial charge is 0.384 e. The van der Waals surface area contributed by atoms with E-state index in [2.05, 4.69) is 44.4 Å². The number of aliphatic imine (C=N–C) groups is 1. The van der Waals surface area contributed by atoms with Crippen molar-refractivity contribution in [3.05, 3.63) is 29.8 Å². The lowest BCUT2D eigenvalue weighted by Gasteiger charge is -2.29. The van der Waals surface area contributed by atoms with Crippen LogP contribution in [0, 0.1) is 5.92 Å². The number of hydrogen-bond donors (Lipinski definition) is 1. The Morgan fingerprint density at radius 2 is 1.96 bits per heavy atom. The second-order valence-electron chi connectivity index (χ2n) is 6.72. The summed E-state index contributed by atoms with van der Waals surface area (Å²) in [6.45, 7) is 7.27. The fourth-order valence-corrected chi connectivity index (χ4v) is 3.56. The molecule has 1 aromatic rings. The molecule has 2 saturated heterocycles. The van der Waals surface area contributed by atoms with Gasteiger partial charge in [0.05, 0.1) is 19.8 Å². The first-order valence-electron chi connectivity index (χ1n) is 9.16. The Balaban J connectivity index is 0.00000243. The molecule has 0 radical (unpaired) electrons. The number of morpholine rings is 1. The third kappa shape index (κ3) is 5.72. The lowest BCUT2D eigenvalue weighted by Crippen LogP contribution is -2.39. The molecule has 1 aromatic carbocycles. The van der Waals surface area contributed by atoms with E-state index in [-0.39, 0.29) is 24.0 Å². The molecule has 0 aliphatic carbocycles. The molecule has 0 spiro atoms. The highest BCUT2D eigenvalue weighted by Crippen LogP contribution is 2.18. The number of likely N-dealkylation sites (tertiary alicyclic amines) is 1. The highest BCUT2D eigenvalue weighted by Gasteiger charge is 2.24. The molecule has 1 N–H and O–H groups in total. The Bertz CT molecular complexity index is 561. The third-order valence-electron chi connectivity index (χ3n) is 4.96. The quantitative estimate of drug-likeness (QED) is 0.403. The van der Waals surface area contributed by atoms with Crippen LogP contribution in [0.1, 0.15) is 12.0 Å². The molecule has 2 aliphatic rings. The first-order chi connectivity index (χ1) is 12.3. The molecule has 2 aliphatic heterocycles. The van der Waals surface area contributed by atoms with Crippen LogP contribution in [0.2, 0.25) is 0 Å². The molecule has 0 amide bonds. The maximum Gasteiger partial charge on any atom is 0.193 e. The number of nitrogens with one attached hydrogen (secondary N) is 1. The van der Waals surface area contributed by atoms with Crippen LogP contribution in [0.3, 0.4) is 0 Å². The zero-order valence-corrected chi connectivity index (χ0v) is 18.1. The van der Waals surface area contributed by atoms with Gasteiger partial charge in [-0.15, -0.1) is 24.0 Å². The molecule has 6 nitrogen and oxygen atoms in total. The Hall–Kier alpha value is -1.06. The van der Waals surface area contributed by atoms with Crippen LogP contribution in [-0.2, 0) is 16.0 Å². The van der Waals surface area contributed by atoms with Gasteiger partial charge in [0.1, 0.15) is 0 Å². The van der Waals surface area contributed by atoms with Gasteiger partial charge in [0.2, 0.25) is 0 Å².